The third-order valence-corrected chi connectivity index (χ3v) is 4.20. The van der Waals surface area contributed by atoms with Gasteiger partial charge in [0.05, 0.1) is 12.7 Å². The largest absolute Gasteiger partial charge is 0.493 e. The van der Waals surface area contributed by atoms with Gasteiger partial charge in [-0.3, -0.25) is 0 Å². The van der Waals surface area contributed by atoms with Gasteiger partial charge in [-0.2, -0.15) is 0 Å². The fourth-order valence-corrected chi connectivity index (χ4v) is 2.83. The molecule has 2 nitrogen and oxygen atoms in total. The highest BCUT2D eigenvalue weighted by molar-refractivity contribution is 5.31. The first-order chi connectivity index (χ1) is 8.83. The van der Waals surface area contributed by atoms with E-state index in [1.165, 1.54) is 24.8 Å². The molecule has 0 bridgehead atoms. The van der Waals surface area contributed by atoms with Crippen LogP contribution >= 0.6 is 0 Å². The van der Waals surface area contributed by atoms with Gasteiger partial charge in [0.2, 0.25) is 0 Å². The molecule has 0 aliphatic heterocycles. The molecule has 2 atom stereocenters. The molecule has 1 N–H and O–H groups in total. The standard InChI is InChI=1S/C16H22O2/c17-16-7-2-1-6-15(16)13-4-3-5-14(10-13)18-11-12-8-9-12/h3-5,10,12,15-17H,1-2,6-9,11H2/t15-,16+/m1/s1. The van der Waals surface area contributed by atoms with E-state index in [4.69, 9.17) is 4.74 Å². The fraction of sp³-hybridized carbons (Fsp3) is 0.625. The minimum absolute atomic E-state index is 0.169. The average Bonchev–Trinajstić information content (AvgIpc) is 3.21. The summed E-state index contributed by atoms with van der Waals surface area (Å²) in [6, 6.07) is 8.34. The highest BCUT2D eigenvalue weighted by Gasteiger charge is 2.25. The Morgan fingerprint density at radius 2 is 1.94 bits per heavy atom. The Morgan fingerprint density at radius 3 is 2.72 bits per heavy atom. The molecule has 2 saturated carbocycles. The van der Waals surface area contributed by atoms with Gasteiger partial charge >= 0.3 is 0 Å². The van der Waals surface area contributed by atoms with Crippen molar-refractivity contribution in [1.82, 2.24) is 0 Å². The predicted octanol–water partition coefficient (Wildman–Crippen LogP) is 3.49. The molecule has 0 aromatic heterocycles. The quantitative estimate of drug-likeness (QED) is 0.881. The van der Waals surface area contributed by atoms with E-state index < -0.39 is 0 Å². The molecule has 18 heavy (non-hydrogen) atoms. The molecule has 0 heterocycles. The van der Waals surface area contributed by atoms with Crippen molar-refractivity contribution in [2.45, 2.75) is 50.5 Å². The lowest BCUT2D eigenvalue weighted by atomic mass is 9.82. The molecule has 1 aromatic rings. The summed E-state index contributed by atoms with van der Waals surface area (Å²) in [4.78, 5) is 0. The van der Waals surface area contributed by atoms with Gasteiger partial charge in [-0.05, 0) is 49.3 Å². The number of rotatable bonds is 4. The summed E-state index contributed by atoms with van der Waals surface area (Å²) in [5.74, 6) is 2.06. The van der Waals surface area contributed by atoms with Crippen molar-refractivity contribution in [3.63, 3.8) is 0 Å². The van der Waals surface area contributed by atoms with Crippen molar-refractivity contribution < 1.29 is 9.84 Å². The summed E-state index contributed by atoms with van der Waals surface area (Å²) in [6.07, 6.45) is 6.91. The number of aliphatic hydroxyl groups is 1. The third-order valence-electron chi connectivity index (χ3n) is 4.20. The number of aliphatic hydroxyl groups excluding tert-OH is 1. The lowest BCUT2D eigenvalue weighted by Crippen LogP contribution is -2.22. The highest BCUT2D eigenvalue weighted by Crippen LogP contribution is 2.35. The topological polar surface area (TPSA) is 29.5 Å². The van der Waals surface area contributed by atoms with Crippen molar-refractivity contribution >= 4 is 0 Å². The normalized spacial score (nSPS) is 28.1. The first-order valence-electron chi connectivity index (χ1n) is 7.24. The van der Waals surface area contributed by atoms with Gasteiger partial charge in [0.15, 0.2) is 0 Å². The van der Waals surface area contributed by atoms with E-state index in [1.807, 2.05) is 6.07 Å². The average molecular weight is 246 g/mol. The number of hydrogen-bond donors (Lipinski definition) is 1. The molecule has 1 aromatic carbocycles. The monoisotopic (exact) mass is 246 g/mol. The lowest BCUT2D eigenvalue weighted by Gasteiger charge is -2.28. The van der Waals surface area contributed by atoms with Crippen molar-refractivity contribution in [3.8, 4) is 5.75 Å². The number of hydrogen-bond acceptors (Lipinski definition) is 2. The second-order valence-corrected chi connectivity index (χ2v) is 5.79. The zero-order valence-electron chi connectivity index (χ0n) is 10.8. The first kappa shape index (κ1) is 12.0. The second-order valence-electron chi connectivity index (χ2n) is 5.79. The number of ether oxygens (including phenoxy) is 1. The van der Waals surface area contributed by atoms with E-state index in [9.17, 15) is 5.11 Å². The highest BCUT2D eigenvalue weighted by atomic mass is 16.5. The summed E-state index contributed by atoms with van der Waals surface area (Å²) < 4.78 is 5.82. The summed E-state index contributed by atoms with van der Waals surface area (Å²) in [5.41, 5.74) is 1.25. The maximum atomic E-state index is 10.1. The van der Waals surface area contributed by atoms with Crippen LogP contribution in [0.5, 0.6) is 5.75 Å². The van der Waals surface area contributed by atoms with Crippen LogP contribution in [0.25, 0.3) is 0 Å². The molecule has 2 aliphatic carbocycles. The summed E-state index contributed by atoms with van der Waals surface area (Å²) in [5, 5.41) is 10.1. The van der Waals surface area contributed by atoms with Gasteiger partial charge in [0.1, 0.15) is 5.75 Å². The molecular formula is C16H22O2. The number of benzene rings is 1. The molecule has 0 radical (unpaired) electrons. The fourth-order valence-electron chi connectivity index (χ4n) is 2.83. The predicted molar refractivity (Wildman–Crippen MR) is 71.9 cm³/mol. The summed E-state index contributed by atoms with van der Waals surface area (Å²) >= 11 is 0. The van der Waals surface area contributed by atoms with Crippen molar-refractivity contribution in [1.29, 1.82) is 0 Å². The smallest absolute Gasteiger partial charge is 0.119 e. The van der Waals surface area contributed by atoms with Crippen LogP contribution < -0.4 is 4.74 Å². The van der Waals surface area contributed by atoms with Crippen LogP contribution in [0.15, 0.2) is 24.3 Å². The molecule has 98 valence electrons. The Hall–Kier alpha value is -1.02. The second kappa shape index (κ2) is 5.31. The maximum Gasteiger partial charge on any atom is 0.119 e. The van der Waals surface area contributed by atoms with Crippen LogP contribution in [-0.4, -0.2) is 17.8 Å². The van der Waals surface area contributed by atoms with Crippen molar-refractivity contribution in [2.24, 2.45) is 5.92 Å². The van der Waals surface area contributed by atoms with Crippen LogP contribution in [0.3, 0.4) is 0 Å². The van der Waals surface area contributed by atoms with Crippen molar-refractivity contribution in [2.75, 3.05) is 6.61 Å². The maximum absolute atomic E-state index is 10.1. The van der Waals surface area contributed by atoms with E-state index in [0.717, 1.165) is 37.5 Å². The lowest BCUT2D eigenvalue weighted by molar-refractivity contribution is 0.106. The third kappa shape index (κ3) is 2.86. The first-order valence-corrected chi connectivity index (χ1v) is 7.24. The summed E-state index contributed by atoms with van der Waals surface area (Å²) in [6.45, 7) is 0.858. The zero-order valence-corrected chi connectivity index (χ0v) is 10.8. The Labute approximate surface area is 109 Å². The Bertz CT molecular complexity index is 398. The zero-order chi connectivity index (χ0) is 12.4. The van der Waals surface area contributed by atoms with Crippen LogP contribution in [0, 0.1) is 5.92 Å². The molecule has 3 rings (SSSR count). The molecule has 2 aliphatic rings. The molecule has 0 spiro atoms. The molecule has 0 saturated heterocycles. The van der Waals surface area contributed by atoms with E-state index >= 15 is 0 Å². The van der Waals surface area contributed by atoms with Gasteiger partial charge in [-0.1, -0.05) is 25.0 Å². The van der Waals surface area contributed by atoms with Crippen molar-refractivity contribution in [3.05, 3.63) is 29.8 Å². The molecule has 0 amide bonds. The van der Waals surface area contributed by atoms with E-state index in [0.29, 0.717) is 5.92 Å². The van der Waals surface area contributed by atoms with Gasteiger partial charge < -0.3 is 9.84 Å². The Morgan fingerprint density at radius 1 is 1.11 bits per heavy atom. The van der Waals surface area contributed by atoms with Crippen LogP contribution in [-0.2, 0) is 0 Å². The van der Waals surface area contributed by atoms with Crippen LogP contribution in [0.4, 0.5) is 0 Å². The molecular weight excluding hydrogens is 224 g/mol. The molecule has 2 fully saturated rings. The van der Waals surface area contributed by atoms with E-state index in [1.54, 1.807) is 0 Å². The van der Waals surface area contributed by atoms with Gasteiger partial charge in [-0.15, -0.1) is 0 Å². The van der Waals surface area contributed by atoms with Crippen LogP contribution in [0.2, 0.25) is 0 Å². The van der Waals surface area contributed by atoms with Gasteiger partial charge in [-0.25, -0.2) is 0 Å². The van der Waals surface area contributed by atoms with Crippen LogP contribution in [0.1, 0.15) is 50.0 Å². The van der Waals surface area contributed by atoms with E-state index in [2.05, 4.69) is 18.2 Å². The van der Waals surface area contributed by atoms with Gasteiger partial charge in [0, 0.05) is 5.92 Å². The molecule has 2 heteroatoms. The molecule has 0 unspecified atom stereocenters. The van der Waals surface area contributed by atoms with Gasteiger partial charge in [0.25, 0.3) is 0 Å². The summed E-state index contributed by atoms with van der Waals surface area (Å²) in [7, 11) is 0. The minimum Gasteiger partial charge on any atom is -0.493 e. The van der Waals surface area contributed by atoms with E-state index in [-0.39, 0.29) is 6.10 Å². The Kier molecular flexibility index (Phi) is 3.55. The Balaban J connectivity index is 1.68. The minimum atomic E-state index is -0.169. The SMILES string of the molecule is O[C@H]1CCCC[C@@H]1c1cccc(OCC2CC2)c1.